The number of nitrogens with zero attached hydrogens (tertiary/aromatic N) is 1. The van der Waals surface area contributed by atoms with E-state index in [9.17, 15) is 22.8 Å². The van der Waals surface area contributed by atoms with Crippen molar-refractivity contribution >= 4 is 11.9 Å². The molecule has 1 amide bonds. The number of carboxylic acid groups (broad SMARTS) is 1. The van der Waals surface area contributed by atoms with Gasteiger partial charge in [-0.05, 0) is 42.9 Å². The number of carbonyl (C=O) groups excluding carboxylic acids is 1. The van der Waals surface area contributed by atoms with Crippen LogP contribution in [0.15, 0.2) is 0 Å². The summed E-state index contributed by atoms with van der Waals surface area (Å²) in [5, 5.41) is 8.69. The number of amides is 1. The van der Waals surface area contributed by atoms with Crippen LogP contribution in [-0.2, 0) is 9.59 Å². The lowest BCUT2D eigenvalue weighted by atomic mass is 10.0. The van der Waals surface area contributed by atoms with Crippen LogP contribution < -0.4 is 0 Å². The summed E-state index contributed by atoms with van der Waals surface area (Å²) in [7, 11) is 0. The minimum Gasteiger partial charge on any atom is -0.480 e. The molecule has 3 aliphatic carbocycles. The molecule has 0 saturated heterocycles. The Bertz CT molecular complexity index is 435. The Balaban J connectivity index is 1.69. The van der Waals surface area contributed by atoms with Crippen molar-refractivity contribution in [2.75, 3.05) is 13.1 Å². The molecule has 0 heterocycles. The van der Waals surface area contributed by atoms with Crippen LogP contribution in [0.1, 0.15) is 19.3 Å². The van der Waals surface area contributed by atoms with Crippen molar-refractivity contribution in [3.63, 3.8) is 0 Å². The lowest BCUT2D eigenvalue weighted by Gasteiger charge is -2.23. The normalized spacial score (nSPS) is 37.6. The molecular weight excluding hydrogens is 275 g/mol. The Morgan fingerprint density at radius 2 is 1.70 bits per heavy atom. The molecular formula is C13H16F3NO3. The molecule has 4 nitrogen and oxygen atoms in total. The SMILES string of the molecule is O=C(O)CN(CC(F)(F)F)C(=O)C1C2C3CCC(C3)C12. The first-order valence-electron chi connectivity index (χ1n) is 6.85. The van der Waals surface area contributed by atoms with Gasteiger partial charge in [-0.15, -0.1) is 0 Å². The van der Waals surface area contributed by atoms with E-state index in [0.717, 1.165) is 19.3 Å². The predicted molar refractivity (Wildman–Crippen MR) is 61.6 cm³/mol. The first kappa shape index (κ1) is 13.7. The van der Waals surface area contributed by atoms with Crippen molar-refractivity contribution in [2.24, 2.45) is 29.6 Å². The maximum absolute atomic E-state index is 12.5. The monoisotopic (exact) mass is 291 g/mol. The summed E-state index contributed by atoms with van der Waals surface area (Å²) >= 11 is 0. The fourth-order valence-electron chi connectivity index (χ4n) is 4.46. The minimum absolute atomic E-state index is 0.214. The van der Waals surface area contributed by atoms with Crippen LogP contribution in [0.3, 0.4) is 0 Å². The number of hydrogen-bond donors (Lipinski definition) is 1. The highest BCUT2D eigenvalue weighted by atomic mass is 19.4. The Kier molecular flexibility index (Phi) is 2.99. The van der Waals surface area contributed by atoms with Crippen LogP contribution in [0.25, 0.3) is 0 Å². The van der Waals surface area contributed by atoms with E-state index in [-0.39, 0.29) is 17.8 Å². The van der Waals surface area contributed by atoms with Crippen LogP contribution in [0.5, 0.6) is 0 Å². The second-order valence-electron chi connectivity index (χ2n) is 6.22. The van der Waals surface area contributed by atoms with Crippen LogP contribution in [0, 0.1) is 29.6 Å². The van der Waals surface area contributed by atoms with Gasteiger partial charge in [0.15, 0.2) is 0 Å². The highest BCUT2D eigenvalue weighted by Gasteiger charge is 2.68. The van der Waals surface area contributed by atoms with Gasteiger partial charge in [0.25, 0.3) is 0 Å². The van der Waals surface area contributed by atoms with Crippen molar-refractivity contribution in [3.05, 3.63) is 0 Å². The molecule has 0 radical (unpaired) electrons. The summed E-state index contributed by atoms with van der Waals surface area (Å²) in [5.74, 6) is -1.01. The van der Waals surface area contributed by atoms with E-state index in [2.05, 4.69) is 0 Å². The van der Waals surface area contributed by atoms with Gasteiger partial charge in [0.05, 0.1) is 0 Å². The van der Waals surface area contributed by atoms with Gasteiger partial charge in [-0.1, -0.05) is 0 Å². The molecule has 3 fully saturated rings. The zero-order chi connectivity index (χ0) is 14.7. The maximum atomic E-state index is 12.5. The highest BCUT2D eigenvalue weighted by molar-refractivity contribution is 5.86. The minimum atomic E-state index is -4.56. The summed E-state index contributed by atoms with van der Waals surface area (Å²) < 4.78 is 37.4. The first-order chi connectivity index (χ1) is 9.28. The van der Waals surface area contributed by atoms with E-state index < -0.39 is 31.1 Å². The molecule has 0 aromatic heterocycles. The lowest BCUT2D eigenvalue weighted by molar-refractivity contribution is -0.167. The summed E-state index contributed by atoms with van der Waals surface area (Å²) in [5.41, 5.74) is 0. The predicted octanol–water partition coefficient (Wildman–Crippen LogP) is 1.75. The van der Waals surface area contributed by atoms with E-state index in [0.29, 0.717) is 16.7 Å². The molecule has 112 valence electrons. The van der Waals surface area contributed by atoms with Crippen LogP contribution in [0.4, 0.5) is 13.2 Å². The van der Waals surface area contributed by atoms with Gasteiger partial charge in [0, 0.05) is 5.92 Å². The Morgan fingerprint density at radius 1 is 1.15 bits per heavy atom. The third kappa shape index (κ3) is 2.27. The van der Waals surface area contributed by atoms with E-state index in [1.54, 1.807) is 0 Å². The van der Waals surface area contributed by atoms with Gasteiger partial charge in [0.2, 0.25) is 5.91 Å². The summed E-state index contributed by atoms with van der Waals surface area (Å²) in [4.78, 5) is 23.3. The molecule has 20 heavy (non-hydrogen) atoms. The number of carbonyl (C=O) groups is 2. The van der Waals surface area contributed by atoms with Crippen molar-refractivity contribution in [1.29, 1.82) is 0 Å². The smallest absolute Gasteiger partial charge is 0.406 e. The molecule has 2 bridgehead atoms. The molecule has 0 aromatic carbocycles. The number of rotatable bonds is 4. The van der Waals surface area contributed by atoms with E-state index in [4.69, 9.17) is 5.11 Å². The molecule has 4 atom stereocenters. The van der Waals surface area contributed by atoms with Crippen molar-refractivity contribution < 1.29 is 27.9 Å². The van der Waals surface area contributed by atoms with Gasteiger partial charge in [-0.2, -0.15) is 13.2 Å². The zero-order valence-electron chi connectivity index (χ0n) is 10.8. The van der Waals surface area contributed by atoms with Crippen LogP contribution >= 0.6 is 0 Å². The Labute approximate surface area is 113 Å². The molecule has 1 N–H and O–H groups in total. The summed E-state index contributed by atoms with van der Waals surface area (Å²) in [6, 6.07) is 0. The maximum Gasteiger partial charge on any atom is 0.406 e. The topological polar surface area (TPSA) is 57.6 Å². The summed E-state index contributed by atoms with van der Waals surface area (Å²) in [6.45, 7) is -2.34. The summed E-state index contributed by atoms with van der Waals surface area (Å²) in [6.07, 6.45) is -1.34. The molecule has 3 saturated carbocycles. The number of alkyl halides is 3. The van der Waals surface area contributed by atoms with Crippen molar-refractivity contribution in [3.8, 4) is 0 Å². The molecule has 7 heteroatoms. The highest BCUT2D eigenvalue weighted by Crippen LogP contribution is 2.69. The number of fused-ring (bicyclic) bond motifs is 5. The fraction of sp³-hybridized carbons (Fsp3) is 0.846. The Hall–Kier alpha value is -1.27. The van der Waals surface area contributed by atoms with Crippen molar-refractivity contribution in [1.82, 2.24) is 4.90 Å². The largest absolute Gasteiger partial charge is 0.480 e. The average Bonchev–Trinajstić information content (AvgIpc) is 2.72. The first-order valence-corrected chi connectivity index (χ1v) is 6.85. The quantitative estimate of drug-likeness (QED) is 0.858. The van der Waals surface area contributed by atoms with Gasteiger partial charge in [0.1, 0.15) is 13.1 Å². The van der Waals surface area contributed by atoms with Crippen LogP contribution in [0.2, 0.25) is 0 Å². The average molecular weight is 291 g/mol. The van der Waals surface area contributed by atoms with Crippen LogP contribution in [-0.4, -0.2) is 41.1 Å². The zero-order valence-corrected chi connectivity index (χ0v) is 10.8. The van der Waals surface area contributed by atoms with Gasteiger partial charge < -0.3 is 10.0 Å². The third-order valence-electron chi connectivity index (χ3n) is 5.03. The van der Waals surface area contributed by atoms with E-state index in [1.165, 1.54) is 0 Å². The van der Waals surface area contributed by atoms with Crippen molar-refractivity contribution in [2.45, 2.75) is 25.4 Å². The number of aliphatic carboxylic acids is 1. The van der Waals surface area contributed by atoms with Gasteiger partial charge in [-0.25, -0.2) is 0 Å². The lowest BCUT2D eigenvalue weighted by Crippen LogP contribution is -2.43. The molecule has 3 aliphatic rings. The second-order valence-corrected chi connectivity index (χ2v) is 6.22. The molecule has 4 unspecified atom stereocenters. The molecule has 0 aliphatic heterocycles. The van der Waals surface area contributed by atoms with E-state index >= 15 is 0 Å². The fourth-order valence-corrected chi connectivity index (χ4v) is 4.46. The third-order valence-corrected chi connectivity index (χ3v) is 5.03. The second kappa shape index (κ2) is 4.36. The number of hydrogen-bond acceptors (Lipinski definition) is 2. The van der Waals surface area contributed by atoms with Gasteiger partial charge >= 0.3 is 12.1 Å². The number of halogens is 3. The van der Waals surface area contributed by atoms with Gasteiger partial charge in [-0.3, -0.25) is 9.59 Å². The molecule has 0 aromatic rings. The molecule has 0 spiro atoms. The Morgan fingerprint density at radius 3 is 2.15 bits per heavy atom. The van der Waals surface area contributed by atoms with E-state index in [1.807, 2.05) is 0 Å². The molecule has 3 rings (SSSR count). The number of carboxylic acids is 1. The standard InChI is InChI=1S/C13H16F3NO3/c14-13(15,16)5-17(4-8(18)19)12(20)11-9-6-1-2-7(3-6)10(9)11/h6-7,9-11H,1-5H2,(H,18,19).